The number of carbonyl (C=O) groups excluding carboxylic acids is 1. The first-order valence-corrected chi connectivity index (χ1v) is 5.80. The van der Waals surface area contributed by atoms with Crippen LogP contribution in [-0.2, 0) is 9.59 Å². The number of aliphatic carboxylic acids is 1. The molecule has 0 aromatic carbocycles. The molecular weight excluding hydrogens is 206 g/mol. The fourth-order valence-electron chi connectivity index (χ4n) is 1.58. The van der Waals surface area contributed by atoms with Crippen molar-refractivity contribution < 1.29 is 14.7 Å². The van der Waals surface area contributed by atoms with E-state index in [1.165, 1.54) is 0 Å². The van der Waals surface area contributed by atoms with Gasteiger partial charge >= 0.3 is 5.97 Å². The molecule has 0 aliphatic heterocycles. The van der Waals surface area contributed by atoms with Crippen molar-refractivity contribution in [1.82, 2.24) is 4.90 Å². The van der Waals surface area contributed by atoms with Gasteiger partial charge in [0.1, 0.15) is 5.78 Å². The van der Waals surface area contributed by atoms with Crippen molar-refractivity contribution >= 4 is 11.8 Å². The molecule has 0 saturated heterocycles. The summed E-state index contributed by atoms with van der Waals surface area (Å²) in [6.45, 7) is 9.54. The smallest absolute Gasteiger partial charge is 0.307 e. The Bertz CT molecular complexity index is 253. The standard InChI is InChI=1S/C12H23NO3/c1-6-9(3)13(10(4)11(5)14)7-8(2)12(15)16/h8-10H,6-7H2,1-5H3,(H,15,16). The van der Waals surface area contributed by atoms with Gasteiger partial charge < -0.3 is 5.11 Å². The van der Waals surface area contributed by atoms with Crippen molar-refractivity contribution in [2.45, 2.75) is 53.1 Å². The molecule has 1 N–H and O–H groups in total. The molecule has 94 valence electrons. The van der Waals surface area contributed by atoms with E-state index < -0.39 is 11.9 Å². The van der Waals surface area contributed by atoms with Crippen LogP contribution >= 0.6 is 0 Å². The van der Waals surface area contributed by atoms with Crippen LogP contribution in [0.2, 0.25) is 0 Å². The molecule has 0 amide bonds. The molecule has 0 saturated carbocycles. The second-order valence-electron chi connectivity index (χ2n) is 4.48. The van der Waals surface area contributed by atoms with E-state index in [1.807, 2.05) is 25.7 Å². The van der Waals surface area contributed by atoms with Gasteiger partial charge in [0.15, 0.2) is 0 Å². The average molecular weight is 229 g/mol. The van der Waals surface area contributed by atoms with Crippen LogP contribution in [-0.4, -0.2) is 40.4 Å². The van der Waals surface area contributed by atoms with Crippen molar-refractivity contribution in [1.29, 1.82) is 0 Å². The van der Waals surface area contributed by atoms with Crippen molar-refractivity contribution in [3.63, 3.8) is 0 Å². The van der Waals surface area contributed by atoms with Crippen LogP contribution < -0.4 is 0 Å². The molecule has 0 aromatic heterocycles. The van der Waals surface area contributed by atoms with Crippen LogP contribution in [0.1, 0.15) is 41.0 Å². The Morgan fingerprint density at radius 3 is 2.06 bits per heavy atom. The van der Waals surface area contributed by atoms with Crippen LogP contribution in [0, 0.1) is 5.92 Å². The molecule has 0 radical (unpaired) electrons. The highest BCUT2D eigenvalue weighted by molar-refractivity contribution is 5.81. The number of ketones is 1. The lowest BCUT2D eigenvalue weighted by atomic mass is 10.1. The van der Waals surface area contributed by atoms with Crippen LogP contribution in [0.4, 0.5) is 0 Å². The third kappa shape index (κ3) is 4.31. The maximum Gasteiger partial charge on any atom is 0.307 e. The van der Waals surface area contributed by atoms with Crippen LogP contribution in [0.5, 0.6) is 0 Å². The minimum Gasteiger partial charge on any atom is -0.481 e. The number of rotatable bonds is 7. The summed E-state index contributed by atoms with van der Waals surface area (Å²) >= 11 is 0. The van der Waals surface area contributed by atoms with Gasteiger partial charge in [-0.15, -0.1) is 0 Å². The molecule has 0 rings (SSSR count). The predicted molar refractivity (Wildman–Crippen MR) is 63.4 cm³/mol. The van der Waals surface area contributed by atoms with Crippen molar-refractivity contribution in [3.05, 3.63) is 0 Å². The fraction of sp³-hybridized carbons (Fsp3) is 0.833. The van der Waals surface area contributed by atoms with Crippen LogP contribution in [0.25, 0.3) is 0 Å². The Morgan fingerprint density at radius 1 is 1.25 bits per heavy atom. The van der Waals surface area contributed by atoms with E-state index in [-0.39, 0.29) is 17.9 Å². The highest BCUT2D eigenvalue weighted by Gasteiger charge is 2.26. The quantitative estimate of drug-likeness (QED) is 0.723. The zero-order valence-corrected chi connectivity index (χ0v) is 10.9. The number of hydrogen-bond donors (Lipinski definition) is 1. The molecule has 3 atom stereocenters. The van der Waals surface area contributed by atoms with Gasteiger partial charge in [0.05, 0.1) is 12.0 Å². The van der Waals surface area contributed by atoms with E-state index >= 15 is 0 Å². The van der Waals surface area contributed by atoms with E-state index in [4.69, 9.17) is 5.11 Å². The number of nitrogens with zero attached hydrogens (tertiary/aromatic N) is 1. The predicted octanol–water partition coefficient (Wildman–Crippen LogP) is 1.79. The van der Waals surface area contributed by atoms with Gasteiger partial charge in [-0.3, -0.25) is 14.5 Å². The van der Waals surface area contributed by atoms with Gasteiger partial charge in [-0.05, 0) is 27.2 Å². The van der Waals surface area contributed by atoms with E-state index in [0.717, 1.165) is 6.42 Å². The zero-order valence-electron chi connectivity index (χ0n) is 10.9. The van der Waals surface area contributed by atoms with E-state index in [1.54, 1.807) is 13.8 Å². The van der Waals surface area contributed by atoms with Crippen molar-refractivity contribution in [2.24, 2.45) is 5.92 Å². The summed E-state index contributed by atoms with van der Waals surface area (Å²) in [7, 11) is 0. The second kappa shape index (κ2) is 6.63. The fourth-order valence-corrected chi connectivity index (χ4v) is 1.58. The van der Waals surface area contributed by atoms with E-state index in [2.05, 4.69) is 0 Å². The SMILES string of the molecule is CCC(C)N(CC(C)C(=O)O)C(C)C(C)=O. The lowest BCUT2D eigenvalue weighted by Gasteiger charge is -2.33. The highest BCUT2D eigenvalue weighted by Crippen LogP contribution is 2.13. The maximum absolute atomic E-state index is 11.4. The molecule has 0 fully saturated rings. The van der Waals surface area contributed by atoms with Crippen LogP contribution in [0.15, 0.2) is 0 Å². The number of carboxylic acid groups (broad SMARTS) is 1. The molecule has 0 aliphatic carbocycles. The van der Waals surface area contributed by atoms with E-state index in [0.29, 0.717) is 6.54 Å². The monoisotopic (exact) mass is 229 g/mol. The summed E-state index contributed by atoms with van der Waals surface area (Å²) in [4.78, 5) is 24.2. The Labute approximate surface area is 97.6 Å². The minimum absolute atomic E-state index is 0.0814. The molecule has 4 nitrogen and oxygen atoms in total. The Hall–Kier alpha value is -0.900. The summed E-state index contributed by atoms with van der Waals surface area (Å²) in [5.41, 5.74) is 0. The molecule has 4 heteroatoms. The lowest BCUT2D eigenvalue weighted by Crippen LogP contribution is -2.46. The molecule has 0 aliphatic rings. The third-order valence-corrected chi connectivity index (χ3v) is 3.15. The van der Waals surface area contributed by atoms with Gasteiger partial charge in [-0.2, -0.15) is 0 Å². The Balaban J connectivity index is 4.67. The second-order valence-corrected chi connectivity index (χ2v) is 4.48. The van der Waals surface area contributed by atoms with Crippen molar-refractivity contribution in [2.75, 3.05) is 6.54 Å². The topological polar surface area (TPSA) is 57.6 Å². The number of carbonyl (C=O) groups is 2. The van der Waals surface area contributed by atoms with Crippen LogP contribution in [0.3, 0.4) is 0 Å². The van der Waals surface area contributed by atoms with Gasteiger partial charge in [0.25, 0.3) is 0 Å². The summed E-state index contributed by atoms with van der Waals surface area (Å²) in [5, 5.41) is 8.89. The van der Waals surface area contributed by atoms with Gasteiger partial charge in [0, 0.05) is 12.6 Å². The number of Topliss-reactive ketones (excluding diaryl/α,β-unsaturated/α-hetero) is 1. The summed E-state index contributed by atoms with van der Waals surface area (Å²) in [6.07, 6.45) is 0.907. The first-order valence-electron chi connectivity index (χ1n) is 5.80. The number of hydrogen-bond acceptors (Lipinski definition) is 3. The molecular formula is C12H23NO3. The first-order chi connectivity index (χ1) is 7.31. The maximum atomic E-state index is 11.4. The molecule has 3 unspecified atom stereocenters. The van der Waals surface area contributed by atoms with Gasteiger partial charge in [-0.25, -0.2) is 0 Å². The normalized spacial score (nSPS) is 16.9. The first kappa shape index (κ1) is 15.1. The summed E-state index contributed by atoms with van der Waals surface area (Å²) < 4.78 is 0. The Morgan fingerprint density at radius 2 is 1.75 bits per heavy atom. The molecule has 0 spiro atoms. The molecule has 0 bridgehead atoms. The number of carboxylic acids is 1. The highest BCUT2D eigenvalue weighted by atomic mass is 16.4. The average Bonchev–Trinajstić information content (AvgIpc) is 2.23. The largest absolute Gasteiger partial charge is 0.481 e. The zero-order chi connectivity index (χ0) is 12.9. The summed E-state index contributed by atoms with van der Waals surface area (Å²) in [6, 6.07) is 0.0115. The third-order valence-electron chi connectivity index (χ3n) is 3.15. The Kier molecular flexibility index (Phi) is 6.26. The van der Waals surface area contributed by atoms with E-state index in [9.17, 15) is 9.59 Å². The molecule has 0 aromatic rings. The lowest BCUT2D eigenvalue weighted by molar-refractivity contribution is -0.142. The minimum atomic E-state index is -0.816. The molecule has 16 heavy (non-hydrogen) atoms. The van der Waals surface area contributed by atoms with Crippen molar-refractivity contribution in [3.8, 4) is 0 Å². The summed E-state index contributed by atoms with van der Waals surface area (Å²) in [5.74, 6) is -1.18. The van der Waals surface area contributed by atoms with Gasteiger partial charge in [0.2, 0.25) is 0 Å². The van der Waals surface area contributed by atoms with Gasteiger partial charge in [-0.1, -0.05) is 13.8 Å². The molecule has 0 heterocycles.